The van der Waals surface area contributed by atoms with E-state index in [0.717, 1.165) is 5.56 Å². The van der Waals surface area contributed by atoms with E-state index in [1.54, 1.807) is 6.07 Å². The average Bonchev–Trinajstić information content (AvgIpc) is 2.79. The molecular weight excluding hydrogens is 293 g/mol. The number of hydrogen-bond acceptors (Lipinski definition) is 4. The zero-order chi connectivity index (χ0) is 15.6. The highest BCUT2D eigenvalue weighted by Crippen LogP contribution is 2.22. The third kappa shape index (κ3) is 4.25. The van der Waals surface area contributed by atoms with Gasteiger partial charge in [-0.25, -0.2) is 4.39 Å². The average molecular weight is 312 g/mol. The summed E-state index contributed by atoms with van der Waals surface area (Å²) in [7, 11) is 0. The molecule has 0 aliphatic heterocycles. The minimum Gasteiger partial charge on any atom is -0.339 e. The molecule has 114 valence electrons. The van der Waals surface area contributed by atoms with Gasteiger partial charge in [0.1, 0.15) is 5.82 Å². The summed E-state index contributed by atoms with van der Waals surface area (Å²) in [5.41, 5.74) is 6.82. The largest absolute Gasteiger partial charge is 0.339 e. The second kappa shape index (κ2) is 6.12. The molecule has 0 radical (unpaired) electrons. The van der Waals surface area contributed by atoms with Crippen molar-refractivity contribution in [2.75, 3.05) is 0 Å². The molecule has 1 aromatic carbocycles. The second-order valence-electron chi connectivity index (χ2n) is 6.19. The predicted molar refractivity (Wildman–Crippen MR) is 79.6 cm³/mol. The van der Waals surface area contributed by atoms with Crippen molar-refractivity contribution >= 4 is 11.6 Å². The summed E-state index contributed by atoms with van der Waals surface area (Å²) in [5, 5.41) is 4.27. The maximum atomic E-state index is 13.0. The molecule has 0 amide bonds. The first-order chi connectivity index (χ1) is 9.75. The molecule has 1 heterocycles. The smallest absolute Gasteiger partial charge is 0.228 e. The van der Waals surface area contributed by atoms with Crippen LogP contribution in [0.2, 0.25) is 5.02 Å². The number of hydrogen-bond donors (Lipinski definition) is 1. The van der Waals surface area contributed by atoms with Crippen LogP contribution in [0, 0.1) is 11.2 Å². The Hall–Kier alpha value is -1.46. The van der Waals surface area contributed by atoms with Gasteiger partial charge in [-0.15, -0.1) is 0 Å². The SMILES string of the molecule is CC(C)(C)C(N)Cc1nc(Cc2ccc(F)cc2Cl)no1. The molecule has 0 saturated carbocycles. The standard InChI is InChI=1S/C15H19ClFN3O/c1-15(2,3)12(18)8-14-19-13(20-21-14)6-9-4-5-10(17)7-11(9)16/h4-5,7,12H,6,8,18H2,1-3H3. The van der Waals surface area contributed by atoms with Crippen molar-refractivity contribution in [3.8, 4) is 0 Å². The van der Waals surface area contributed by atoms with Crippen LogP contribution in [-0.4, -0.2) is 16.2 Å². The molecule has 0 spiro atoms. The summed E-state index contributed by atoms with van der Waals surface area (Å²) in [6, 6.07) is 4.18. The van der Waals surface area contributed by atoms with Gasteiger partial charge in [0, 0.05) is 23.9 Å². The molecule has 21 heavy (non-hydrogen) atoms. The lowest BCUT2D eigenvalue weighted by Crippen LogP contribution is -2.37. The first-order valence-corrected chi connectivity index (χ1v) is 7.14. The van der Waals surface area contributed by atoms with Gasteiger partial charge in [0.2, 0.25) is 5.89 Å². The fourth-order valence-corrected chi connectivity index (χ4v) is 2.01. The Labute approximate surface area is 128 Å². The number of halogens is 2. The Morgan fingerprint density at radius 3 is 2.71 bits per heavy atom. The van der Waals surface area contributed by atoms with E-state index in [2.05, 4.69) is 30.9 Å². The van der Waals surface area contributed by atoms with Crippen LogP contribution < -0.4 is 5.73 Å². The molecule has 0 fully saturated rings. The van der Waals surface area contributed by atoms with Gasteiger partial charge in [-0.1, -0.05) is 43.6 Å². The molecule has 1 unspecified atom stereocenters. The highest BCUT2D eigenvalue weighted by molar-refractivity contribution is 6.31. The monoisotopic (exact) mass is 311 g/mol. The van der Waals surface area contributed by atoms with Crippen molar-refractivity contribution in [3.05, 3.63) is 46.3 Å². The number of nitrogens with two attached hydrogens (primary N) is 1. The zero-order valence-electron chi connectivity index (χ0n) is 12.4. The van der Waals surface area contributed by atoms with Crippen LogP contribution in [0.25, 0.3) is 0 Å². The maximum Gasteiger partial charge on any atom is 0.228 e. The molecule has 0 saturated heterocycles. The molecule has 1 aromatic heterocycles. The fraction of sp³-hybridized carbons (Fsp3) is 0.467. The van der Waals surface area contributed by atoms with E-state index < -0.39 is 0 Å². The molecular formula is C15H19ClFN3O. The lowest BCUT2D eigenvalue weighted by molar-refractivity contribution is 0.285. The van der Waals surface area contributed by atoms with Crippen LogP contribution in [0.5, 0.6) is 0 Å². The summed E-state index contributed by atoms with van der Waals surface area (Å²) in [6.07, 6.45) is 0.918. The zero-order valence-corrected chi connectivity index (χ0v) is 13.1. The lowest BCUT2D eigenvalue weighted by atomic mass is 9.85. The second-order valence-corrected chi connectivity index (χ2v) is 6.60. The van der Waals surface area contributed by atoms with Crippen molar-refractivity contribution < 1.29 is 8.91 Å². The fourth-order valence-electron chi connectivity index (χ4n) is 1.77. The van der Waals surface area contributed by atoms with Crippen molar-refractivity contribution in [2.45, 2.75) is 39.7 Å². The van der Waals surface area contributed by atoms with Crippen LogP contribution in [0.1, 0.15) is 38.0 Å². The van der Waals surface area contributed by atoms with Gasteiger partial charge >= 0.3 is 0 Å². The van der Waals surface area contributed by atoms with Crippen LogP contribution >= 0.6 is 11.6 Å². The molecule has 2 N–H and O–H groups in total. The van der Waals surface area contributed by atoms with Crippen LogP contribution in [-0.2, 0) is 12.8 Å². The normalized spacial score (nSPS) is 13.4. The van der Waals surface area contributed by atoms with Gasteiger partial charge in [-0.05, 0) is 23.1 Å². The van der Waals surface area contributed by atoms with E-state index in [9.17, 15) is 4.39 Å². The molecule has 0 aliphatic rings. The molecule has 2 rings (SSSR count). The summed E-state index contributed by atoms with van der Waals surface area (Å²) < 4.78 is 18.2. The van der Waals surface area contributed by atoms with E-state index in [-0.39, 0.29) is 17.3 Å². The summed E-state index contributed by atoms with van der Waals surface area (Å²) in [6.45, 7) is 6.19. The molecule has 0 aliphatic carbocycles. The first kappa shape index (κ1) is 15.9. The van der Waals surface area contributed by atoms with Gasteiger partial charge in [0.25, 0.3) is 0 Å². The minimum atomic E-state index is -0.367. The minimum absolute atomic E-state index is 0.0328. The summed E-state index contributed by atoms with van der Waals surface area (Å²) >= 11 is 5.98. The van der Waals surface area contributed by atoms with Crippen molar-refractivity contribution in [2.24, 2.45) is 11.1 Å². The van der Waals surface area contributed by atoms with E-state index in [1.165, 1.54) is 12.1 Å². The topological polar surface area (TPSA) is 64.9 Å². The van der Waals surface area contributed by atoms with E-state index in [0.29, 0.717) is 29.6 Å². The Balaban J connectivity index is 2.06. The molecule has 1 atom stereocenters. The number of benzene rings is 1. The lowest BCUT2D eigenvalue weighted by Gasteiger charge is -2.25. The molecule has 6 heteroatoms. The summed E-state index contributed by atoms with van der Waals surface area (Å²) in [5.74, 6) is 0.652. The predicted octanol–water partition coefficient (Wildman–Crippen LogP) is 3.37. The number of rotatable bonds is 4. The van der Waals surface area contributed by atoms with E-state index in [4.69, 9.17) is 21.9 Å². The van der Waals surface area contributed by atoms with Crippen molar-refractivity contribution in [3.63, 3.8) is 0 Å². The first-order valence-electron chi connectivity index (χ1n) is 6.76. The maximum absolute atomic E-state index is 13.0. The molecule has 4 nitrogen and oxygen atoms in total. The third-order valence-electron chi connectivity index (χ3n) is 3.38. The highest BCUT2D eigenvalue weighted by atomic mass is 35.5. The Morgan fingerprint density at radius 1 is 1.38 bits per heavy atom. The van der Waals surface area contributed by atoms with Crippen LogP contribution in [0.3, 0.4) is 0 Å². The van der Waals surface area contributed by atoms with Gasteiger partial charge in [-0.3, -0.25) is 0 Å². The molecule has 2 aromatic rings. The third-order valence-corrected chi connectivity index (χ3v) is 3.73. The highest BCUT2D eigenvalue weighted by Gasteiger charge is 2.23. The van der Waals surface area contributed by atoms with Crippen molar-refractivity contribution in [1.29, 1.82) is 0 Å². The van der Waals surface area contributed by atoms with Crippen LogP contribution in [0.15, 0.2) is 22.7 Å². The summed E-state index contributed by atoms with van der Waals surface area (Å²) in [4.78, 5) is 4.31. The van der Waals surface area contributed by atoms with Crippen LogP contribution in [0.4, 0.5) is 4.39 Å². The van der Waals surface area contributed by atoms with Gasteiger partial charge in [-0.2, -0.15) is 4.98 Å². The number of aromatic nitrogens is 2. The van der Waals surface area contributed by atoms with E-state index in [1.807, 2.05) is 0 Å². The Bertz CT molecular complexity index is 622. The molecule has 0 bridgehead atoms. The van der Waals surface area contributed by atoms with Gasteiger partial charge < -0.3 is 10.3 Å². The number of nitrogens with zero attached hydrogens (tertiary/aromatic N) is 2. The van der Waals surface area contributed by atoms with Crippen molar-refractivity contribution in [1.82, 2.24) is 10.1 Å². The van der Waals surface area contributed by atoms with E-state index >= 15 is 0 Å². The Morgan fingerprint density at radius 2 is 2.10 bits per heavy atom. The Kier molecular flexibility index (Phi) is 4.64. The van der Waals surface area contributed by atoms with Gasteiger partial charge in [0.05, 0.1) is 0 Å². The van der Waals surface area contributed by atoms with Gasteiger partial charge in [0.15, 0.2) is 5.82 Å². The quantitative estimate of drug-likeness (QED) is 0.940.